The van der Waals surface area contributed by atoms with Crippen molar-refractivity contribution in [2.45, 2.75) is 25.1 Å². The minimum atomic E-state index is -4.97. The van der Waals surface area contributed by atoms with E-state index in [0.717, 1.165) is 13.0 Å². The molecule has 0 saturated carbocycles. The van der Waals surface area contributed by atoms with Crippen molar-refractivity contribution >= 4 is 23.4 Å². The molecule has 0 radical (unpaired) electrons. The van der Waals surface area contributed by atoms with Crippen LogP contribution in [0.5, 0.6) is 5.75 Å². The fourth-order valence-corrected chi connectivity index (χ4v) is 1.80. The van der Waals surface area contributed by atoms with Crippen LogP contribution in [-0.2, 0) is 16.0 Å². The third-order valence-electron chi connectivity index (χ3n) is 2.35. The highest BCUT2D eigenvalue weighted by Crippen LogP contribution is 2.34. The standard InChI is InChI=1S/C12H10ClF3O4/c1-6(17)11(13)7-3-2-4-9(20-12(14,15)16)8(7)5-10(18)19/h2-4,11H,5H2,1H3,(H,18,19). The van der Waals surface area contributed by atoms with Gasteiger partial charge in [0.05, 0.1) is 6.42 Å². The predicted octanol–water partition coefficient (Wildman–Crippen LogP) is 3.08. The number of carboxylic acids is 1. The monoisotopic (exact) mass is 310 g/mol. The maximum absolute atomic E-state index is 12.3. The molecule has 0 aliphatic heterocycles. The minimum absolute atomic E-state index is 0.0108. The number of hydrogen-bond acceptors (Lipinski definition) is 3. The highest BCUT2D eigenvalue weighted by Gasteiger charge is 2.33. The first-order valence-electron chi connectivity index (χ1n) is 5.35. The van der Waals surface area contributed by atoms with Crippen molar-refractivity contribution in [2.75, 3.05) is 0 Å². The number of ether oxygens (including phenoxy) is 1. The molecule has 0 aliphatic carbocycles. The average Bonchev–Trinajstić information content (AvgIpc) is 2.27. The number of halogens is 4. The molecule has 1 aromatic rings. The Balaban J connectivity index is 3.33. The Hall–Kier alpha value is -1.76. The zero-order valence-electron chi connectivity index (χ0n) is 10.2. The Bertz CT molecular complexity index is 528. The number of aliphatic carboxylic acids is 1. The summed E-state index contributed by atoms with van der Waals surface area (Å²) in [5.41, 5.74) is -0.282. The van der Waals surface area contributed by atoms with Gasteiger partial charge < -0.3 is 9.84 Å². The number of Topliss-reactive ketones (excluding diaryl/α,β-unsaturated/α-hetero) is 1. The van der Waals surface area contributed by atoms with Crippen LogP contribution in [0.1, 0.15) is 23.4 Å². The van der Waals surface area contributed by atoms with Gasteiger partial charge in [-0.1, -0.05) is 12.1 Å². The molecule has 1 unspecified atom stereocenters. The first-order valence-corrected chi connectivity index (χ1v) is 5.79. The second kappa shape index (κ2) is 6.13. The SMILES string of the molecule is CC(=O)C(Cl)c1cccc(OC(F)(F)F)c1CC(=O)O. The van der Waals surface area contributed by atoms with Crippen molar-refractivity contribution in [1.82, 2.24) is 0 Å². The Kier molecular flexibility index (Phi) is 4.99. The Morgan fingerprint density at radius 1 is 1.40 bits per heavy atom. The van der Waals surface area contributed by atoms with Gasteiger partial charge in [-0.2, -0.15) is 0 Å². The second-order valence-electron chi connectivity index (χ2n) is 3.92. The number of hydrogen-bond donors (Lipinski definition) is 1. The van der Waals surface area contributed by atoms with Crippen molar-refractivity contribution in [3.05, 3.63) is 29.3 Å². The van der Waals surface area contributed by atoms with Gasteiger partial charge in [0, 0.05) is 5.56 Å². The van der Waals surface area contributed by atoms with Crippen molar-refractivity contribution < 1.29 is 32.6 Å². The van der Waals surface area contributed by atoms with Crippen molar-refractivity contribution in [3.63, 3.8) is 0 Å². The van der Waals surface area contributed by atoms with Crippen LogP contribution in [0.15, 0.2) is 18.2 Å². The summed E-state index contributed by atoms with van der Waals surface area (Å²) in [6.07, 6.45) is -5.71. The average molecular weight is 311 g/mol. The van der Waals surface area contributed by atoms with Crippen molar-refractivity contribution in [1.29, 1.82) is 0 Å². The molecule has 1 aromatic carbocycles. The number of ketones is 1. The highest BCUT2D eigenvalue weighted by atomic mass is 35.5. The van der Waals surface area contributed by atoms with Crippen molar-refractivity contribution in [3.8, 4) is 5.75 Å². The molecular weight excluding hydrogens is 301 g/mol. The van der Waals surface area contributed by atoms with Crippen LogP contribution in [-0.4, -0.2) is 23.2 Å². The van der Waals surface area contributed by atoms with Crippen LogP contribution in [0.2, 0.25) is 0 Å². The van der Waals surface area contributed by atoms with E-state index in [1.54, 1.807) is 0 Å². The third kappa shape index (κ3) is 4.41. The molecule has 0 saturated heterocycles. The van der Waals surface area contributed by atoms with Gasteiger partial charge in [-0.05, 0) is 18.6 Å². The lowest BCUT2D eigenvalue weighted by atomic mass is 9.99. The minimum Gasteiger partial charge on any atom is -0.481 e. The van der Waals surface area contributed by atoms with Gasteiger partial charge in [-0.15, -0.1) is 24.8 Å². The van der Waals surface area contributed by atoms with E-state index in [4.69, 9.17) is 16.7 Å². The molecule has 0 spiro atoms. The Labute approximate surface area is 117 Å². The van der Waals surface area contributed by atoms with Gasteiger partial charge in [-0.25, -0.2) is 0 Å². The van der Waals surface area contributed by atoms with E-state index >= 15 is 0 Å². The van der Waals surface area contributed by atoms with Gasteiger partial charge >= 0.3 is 12.3 Å². The van der Waals surface area contributed by atoms with Crippen LogP contribution in [0.3, 0.4) is 0 Å². The number of carbonyl (C=O) groups excluding carboxylic acids is 1. The largest absolute Gasteiger partial charge is 0.573 e. The Morgan fingerprint density at radius 2 is 2.00 bits per heavy atom. The number of benzene rings is 1. The number of carbonyl (C=O) groups is 2. The molecule has 1 N–H and O–H groups in total. The van der Waals surface area contributed by atoms with Crippen LogP contribution in [0.4, 0.5) is 13.2 Å². The van der Waals surface area contributed by atoms with E-state index in [-0.39, 0.29) is 11.1 Å². The van der Waals surface area contributed by atoms with Gasteiger partial charge in [-0.3, -0.25) is 9.59 Å². The maximum atomic E-state index is 12.3. The number of alkyl halides is 4. The van der Waals surface area contributed by atoms with E-state index in [9.17, 15) is 22.8 Å². The highest BCUT2D eigenvalue weighted by molar-refractivity contribution is 6.31. The quantitative estimate of drug-likeness (QED) is 0.849. The van der Waals surface area contributed by atoms with Crippen molar-refractivity contribution in [2.24, 2.45) is 0 Å². The normalized spacial score (nSPS) is 12.8. The summed E-state index contributed by atoms with van der Waals surface area (Å²) in [4.78, 5) is 22.0. The van der Waals surface area contributed by atoms with E-state index in [2.05, 4.69) is 4.74 Å². The summed E-state index contributed by atoms with van der Waals surface area (Å²) in [7, 11) is 0. The lowest BCUT2D eigenvalue weighted by Crippen LogP contribution is -2.20. The molecule has 0 aliphatic rings. The smallest absolute Gasteiger partial charge is 0.481 e. The zero-order chi connectivity index (χ0) is 15.5. The molecule has 1 rings (SSSR count). The van der Waals surface area contributed by atoms with Gasteiger partial charge in [0.2, 0.25) is 0 Å². The second-order valence-corrected chi connectivity index (χ2v) is 4.35. The summed E-state index contributed by atoms with van der Waals surface area (Å²) in [6, 6.07) is 3.47. The van der Waals surface area contributed by atoms with Gasteiger partial charge in [0.1, 0.15) is 11.1 Å². The molecule has 4 nitrogen and oxygen atoms in total. The summed E-state index contributed by atoms with van der Waals surface area (Å²) in [5, 5.41) is 7.53. The van der Waals surface area contributed by atoms with Gasteiger partial charge in [0.25, 0.3) is 0 Å². The van der Waals surface area contributed by atoms with Gasteiger partial charge in [0.15, 0.2) is 5.78 Å². The van der Waals surface area contributed by atoms with Crippen LogP contribution >= 0.6 is 11.6 Å². The summed E-state index contributed by atoms with van der Waals surface area (Å²) in [5.74, 6) is -2.55. The number of carboxylic acid groups (broad SMARTS) is 1. The first kappa shape index (κ1) is 16.3. The topological polar surface area (TPSA) is 63.6 Å². The van der Waals surface area contributed by atoms with Crippen LogP contribution in [0, 0.1) is 0 Å². The molecule has 20 heavy (non-hydrogen) atoms. The maximum Gasteiger partial charge on any atom is 0.573 e. The number of rotatable bonds is 5. The molecule has 0 heterocycles. The lowest BCUT2D eigenvalue weighted by Gasteiger charge is -2.17. The predicted molar refractivity (Wildman–Crippen MR) is 63.7 cm³/mol. The van der Waals surface area contributed by atoms with E-state index < -0.39 is 35.7 Å². The molecule has 0 bridgehead atoms. The summed E-state index contributed by atoms with van der Waals surface area (Å²) in [6.45, 7) is 1.15. The molecule has 0 aromatic heterocycles. The van der Waals surface area contributed by atoms with Crippen LogP contribution < -0.4 is 4.74 Å². The summed E-state index contributed by atoms with van der Waals surface area (Å²) >= 11 is 5.79. The van der Waals surface area contributed by atoms with E-state index in [1.165, 1.54) is 12.1 Å². The molecule has 0 amide bonds. The van der Waals surface area contributed by atoms with E-state index in [1.807, 2.05) is 0 Å². The molecule has 110 valence electrons. The third-order valence-corrected chi connectivity index (χ3v) is 2.90. The zero-order valence-corrected chi connectivity index (χ0v) is 11.0. The molecule has 8 heteroatoms. The fraction of sp³-hybridized carbons (Fsp3) is 0.333. The first-order chi connectivity index (χ1) is 9.11. The summed E-state index contributed by atoms with van der Waals surface area (Å²) < 4.78 is 40.6. The lowest BCUT2D eigenvalue weighted by molar-refractivity contribution is -0.275. The van der Waals surface area contributed by atoms with Crippen LogP contribution in [0.25, 0.3) is 0 Å². The molecule has 0 fully saturated rings. The van der Waals surface area contributed by atoms with E-state index in [0.29, 0.717) is 0 Å². The molecular formula is C12H10ClF3O4. The molecule has 1 atom stereocenters. The Morgan fingerprint density at radius 3 is 2.45 bits per heavy atom. The fourth-order valence-electron chi connectivity index (χ4n) is 1.60.